The molecule has 1 N–H and O–H groups in total. The highest BCUT2D eigenvalue weighted by Gasteiger charge is 2.13. The van der Waals surface area contributed by atoms with Crippen molar-refractivity contribution in [1.29, 1.82) is 0 Å². The first-order chi connectivity index (χ1) is 11.2. The molecule has 0 saturated carbocycles. The maximum absolute atomic E-state index is 12.0. The van der Waals surface area contributed by atoms with E-state index in [4.69, 9.17) is 9.47 Å². The molecular formula is C19H21NO3. The molecule has 1 amide bonds. The van der Waals surface area contributed by atoms with Gasteiger partial charge in [0, 0.05) is 13.0 Å². The molecule has 120 valence electrons. The van der Waals surface area contributed by atoms with Crippen molar-refractivity contribution in [2.24, 2.45) is 0 Å². The molecule has 0 aliphatic carbocycles. The summed E-state index contributed by atoms with van der Waals surface area (Å²) in [4.78, 5) is 12.0. The lowest BCUT2D eigenvalue weighted by atomic mass is 10.1. The lowest BCUT2D eigenvalue weighted by Crippen LogP contribution is -2.27. The standard InChI is InChI=1S/C19H21NO3/c1-22-17-5-2-14(3-6-17)8-10-20-19(21)13-15-4-7-18-16(12-15)9-11-23-18/h2-7,12H,8-11,13H2,1H3,(H,20,21). The molecule has 0 atom stereocenters. The van der Waals surface area contributed by atoms with E-state index < -0.39 is 0 Å². The van der Waals surface area contributed by atoms with Crippen LogP contribution >= 0.6 is 0 Å². The highest BCUT2D eigenvalue weighted by atomic mass is 16.5. The van der Waals surface area contributed by atoms with Crippen LogP contribution in [0.3, 0.4) is 0 Å². The molecule has 23 heavy (non-hydrogen) atoms. The van der Waals surface area contributed by atoms with E-state index in [9.17, 15) is 4.79 Å². The van der Waals surface area contributed by atoms with E-state index in [0.717, 1.165) is 36.5 Å². The van der Waals surface area contributed by atoms with Gasteiger partial charge in [-0.3, -0.25) is 4.79 Å². The Labute approximate surface area is 136 Å². The number of methoxy groups -OCH3 is 1. The molecule has 3 rings (SSSR count). The largest absolute Gasteiger partial charge is 0.497 e. The van der Waals surface area contributed by atoms with E-state index in [0.29, 0.717) is 13.0 Å². The monoisotopic (exact) mass is 311 g/mol. The fourth-order valence-corrected chi connectivity index (χ4v) is 2.74. The first kappa shape index (κ1) is 15.4. The fraction of sp³-hybridized carbons (Fsp3) is 0.316. The van der Waals surface area contributed by atoms with E-state index in [2.05, 4.69) is 11.4 Å². The van der Waals surface area contributed by atoms with E-state index in [1.165, 1.54) is 11.1 Å². The Kier molecular flexibility index (Phi) is 4.81. The summed E-state index contributed by atoms with van der Waals surface area (Å²) in [6.07, 6.45) is 2.16. The average Bonchev–Trinajstić information content (AvgIpc) is 3.03. The minimum Gasteiger partial charge on any atom is -0.497 e. The Morgan fingerprint density at radius 3 is 2.74 bits per heavy atom. The molecule has 0 radical (unpaired) electrons. The van der Waals surface area contributed by atoms with Crippen LogP contribution in [0, 0.1) is 0 Å². The van der Waals surface area contributed by atoms with Gasteiger partial charge in [0.1, 0.15) is 11.5 Å². The van der Waals surface area contributed by atoms with Crippen LogP contribution in [0.5, 0.6) is 11.5 Å². The van der Waals surface area contributed by atoms with E-state index in [1.807, 2.05) is 36.4 Å². The lowest BCUT2D eigenvalue weighted by molar-refractivity contribution is -0.120. The van der Waals surface area contributed by atoms with Gasteiger partial charge in [0.15, 0.2) is 0 Å². The number of carbonyl (C=O) groups is 1. The molecule has 4 heteroatoms. The second-order valence-corrected chi connectivity index (χ2v) is 5.67. The summed E-state index contributed by atoms with van der Waals surface area (Å²) in [5.74, 6) is 1.85. The number of hydrogen-bond donors (Lipinski definition) is 1. The number of nitrogens with one attached hydrogen (secondary N) is 1. The minimum absolute atomic E-state index is 0.0531. The quantitative estimate of drug-likeness (QED) is 0.892. The van der Waals surface area contributed by atoms with Gasteiger partial charge in [-0.1, -0.05) is 24.3 Å². The maximum atomic E-state index is 12.0. The summed E-state index contributed by atoms with van der Waals surface area (Å²) >= 11 is 0. The van der Waals surface area contributed by atoms with Crippen molar-refractivity contribution in [1.82, 2.24) is 5.32 Å². The van der Waals surface area contributed by atoms with E-state index in [1.54, 1.807) is 7.11 Å². The van der Waals surface area contributed by atoms with Crippen LogP contribution in [0.1, 0.15) is 16.7 Å². The molecule has 0 unspecified atom stereocenters. The van der Waals surface area contributed by atoms with Gasteiger partial charge in [-0.05, 0) is 41.3 Å². The molecule has 0 fully saturated rings. The number of carbonyl (C=O) groups excluding carboxylic acids is 1. The van der Waals surface area contributed by atoms with Crippen LogP contribution in [0.15, 0.2) is 42.5 Å². The van der Waals surface area contributed by atoms with Gasteiger partial charge in [0.05, 0.1) is 20.1 Å². The molecule has 4 nitrogen and oxygen atoms in total. The lowest BCUT2D eigenvalue weighted by Gasteiger charge is -2.07. The van der Waals surface area contributed by atoms with Gasteiger partial charge >= 0.3 is 0 Å². The molecule has 1 aliphatic heterocycles. The second-order valence-electron chi connectivity index (χ2n) is 5.67. The molecule has 0 bridgehead atoms. The van der Waals surface area contributed by atoms with Gasteiger partial charge in [-0.15, -0.1) is 0 Å². The number of ether oxygens (including phenoxy) is 2. The van der Waals surface area contributed by atoms with E-state index in [-0.39, 0.29) is 5.91 Å². The SMILES string of the molecule is COc1ccc(CCNC(=O)Cc2ccc3c(c2)CCO3)cc1. The van der Waals surface area contributed by atoms with Crippen molar-refractivity contribution in [2.75, 3.05) is 20.3 Å². The van der Waals surface area contributed by atoms with Crippen molar-refractivity contribution < 1.29 is 14.3 Å². The zero-order chi connectivity index (χ0) is 16.1. The molecule has 1 aliphatic rings. The maximum Gasteiger partial charge on any atom is 0.224 e. The first-order valence-corrected chi connectivity index (χ1v) is 7.89. The van der Waals surface area contributed by atoms with Crippen LogP contribution in [0.25, 0.3) is 0 Å². The summed E-state index contributed by atoms with van der Waals surface area (Å²) < 4.78 is 10.6. The van der Waals surface area contributed by atoms with Gasteiger partial charge < -0.3 is 14.8 Å². The molecule has 2 aromatic rings. The third kappa shape index (κ3) is 4.03. The Hall–Kier alpha value is -2.49. The smallest absolute Gasteiger partial charge is 0.224 e. The molecular weight excluding hydrogens is 290 g/mol. The molecule has 0 aromatic heterocycles. The fourth-order valence-electron chi connectivity index (χ4n) is 2.74. The Morgan fingerprint density at radius 2 is 1.96 bits per heavy atom. The first-order valence-electron chi connectivity index (χ1n) is 7.89. The highest BCUT2D eigenvalue weighted by Crippen LogP contribution is 2.25. The summed E-state index contributed by atoms with van der Waals surface area (Å²) in [5.41, 5.74) is 3.42. The van der Waals surface area contributed by atoms with Gasteiger partial charge in [0.2, 0.25) is 5.91 Å². The topological polar surface area (TPSA) is 47.6 Å². The van der Waals surface area contributed by atoms with Crippen molar-refractivity contribution in [2.45, 2.75) is 19.3 Å². The summed E-state index contributed by atoms with van der Waals surface area (Å²) in [6.45, 7) is 1.38. The van der Waals surface area contributed by atoms with Crippen molar-refractivity contribution in [3.8, 4) is 11.5 Å². The highest BCUT2D eigenvalue weighted by molar-refractivity contribution is 5.78. The van der Waals surface area contributed by atoms with Gasteiger partial charge in [0.25, 0.3) is 0 Å². The van der Waals surface area contributed by atoms with Crippen LogP contribution in [0.2, 0.25) is 0 Å². The van der Waals surface area contributed by atoms with Gasteiger partial charge in [-0.2, -0.15) is 0 Å². The molecule has 1 heterocycles. The third-order valence-electron chi connectivity index (χ3n) is 4.01. The average molecular weight is 311 g/mol. The minimum atomic E-state index is 0.0531. The number of fused-ring (bicyclic) bond motifs is 1. The zero-order valence-electron chi connectivity index (χ0n) is 13.3. The summed E-state index contributed by atoms with van der Waals surface area (Å²) in [5, 5.41) is 2.97. The van der Waals surface area contributed by atoms with Crippen molar-refractivity contribution >= 4 is 5.91 Å². The number of hydrogen-bond acceptors (Lipinski definition) is 3. The Balaban J connectivity index is 1.46. The summed E-state index contributed by atoms with van der Waals surface area (Å²) in [7, 11) is 1.65. The van der Waals surface area contributed by atoms with E-state index >= 15 is 0 Å². The number of amides is 1. The second kappa shape index (κ2) is 7.18. The Morgan fingerprint density at radius 1 is 1.17 bits per heavy atom. The van der Waals surface area contributed by atoms with Crippen molar-refractivity contribution in [3.05, 3.63) is 59.2 Å². The molecule has 2 aromatic carbocycles. The number of benzene rings is 2. The Bertz CT molecular complexity index is 680. The van der Waals surface area contributed by atoms with Crippen molar-refractivity contribution in [3.63, 3.8) is 0 Å². The van der Waals surface area contributed by atoms with Crippen LogP contribution in [-0.4, -0.2) is 26.2 Å². The van der Waals surface area contributed by atoms with Crippen LogP contribution in [-0.2, 0) is 24.1 Å². The third-order valence-corrected chi connectivity index (χ3v) is 4.01. The molecule has 0 saturated heterocycles. The van der Waals surface area contributed by atoms with Crippen LogP contribution < -0.4 is 14.8 Å². The normalized spacial score (nSPS) is 12.4. The summed E-state index contributed by atoms with van der Waals surface area (Å²) in [6, 6.07) is 13.9. The zero-order valence-corrected chi connectivity index (χ0v) is 13.3. The molecule has 0 spiro atoms. The predicted octanol–water partition coefficient (Wildman–Crippen LogP) is 2.53. The number of rotatable bonds is 6. The van der Waals surface area contributed by atoms with Gasteiger partial charge in [-0.25, -0.2) is 0 Å². The van der Waals surface area contributed by atoms with Crippen LogP contribution in [0.4, 0.5) is 0 Å². The predicted molar refractivity (Wildman–Crippen MR) is 89.1 cm³/mol.